The molecule has 16 heavy (non-hydrogen) atoms. The molecule has 1 atom stereocenters. The smallest absolute Gasteiger partial charge is 0.164 e. The molecule has 1 unspecified atom stereocenters. The van der Waals surface area contributed by atoms with Crippen LogP contribution >= 0.6 is 0 Å². The van der Waals surface area contributed by atoms with Crippen molar-refractivity contribution in [3.63, 3.8) is 0 Å². The summed E-state index contributed by atoms with van der Waals surface area (Å²) < 4.78 is 0. The largest absolute Gasteiger partial charge is 0.504 e. The highest BCUT2D eigenvalue weighted by atomic mass is 16.3. The van der Waals surface area contributed by atoms with Crippen molar-refractivity contribution in [2.75, 3.05) is 0 Å². The van der Waals surface area contributed by atoms with Crippen LogP contribution in [0, 0.1) is 0 Å². The lowest BCUT2D eigenvalue weighted by atomic mass is 10.1. The summed E-state index contributed by atoms with van der Waals surface area (Å²) in [7, 11) is 0. The van der Waals surface area contributed by atoms with Crippen LogP contribution in [0.15, 0.2) is 36.4 Å². The quantitative estimate of drug-likeness (QED) is 0.589. The predicted molar refractivity (Wildman–Crippen MR) is 59.3 cm³/mol. The number of fused-ring (bicyclic) bond motifs is 3. The number of phenolic OH excluding ortho intramolecular Hbond substituents is 2. The number of aliphatic hydroxyl groups excluding tert-OH is 1. The van der Waals surface area contributed by atoms with E-state index in [2.05, 4.69) is 0 Å². The van der Waals surface area contributed by atoms with E-state index in [0.717, 1.165) is 16.7 Å². The van der Waals surface area contributed by atoms with E-state index in [1.165, 1.54) is 6.07 Å². The highest BCUT2D eigenvalue weighted by Gasteiger charge is 2.30. The molecular weight excluding hydrogens is 204 g/mol. The molecule has 0 aliphatic heterocycles. The fraction of sp³-hybridized carbons (Fsp3) is 0.0769. The minimum absolute atomic E-state index is 0.203. The number of hydrogen-bond acceptors (Lipinski definition) is 3. The summed E-state index contributed by atoms with van der Waals surface area (Å²) >= 11 is 0. The van der Waals surface area contributed by atoms with Crippen LogP contribution in [0.4, 0.5) is 0 Å². The zero-order valence-corrected chi connectivity index (χ0v) is 8.38. The fourth-order valence-corrected chi connectivity index (χ4v) is 2.24. The number of benzene rings is 2. The van der Waals surface area contributed by atoms with Gasteiger partial charge in [0.25, 0.3) is 0 Å². The van der Waals surface area contributed by atoms with Crippen LogP contribution in [0.25, 0.3) is 11.1 Å². The first-order valence-corrected chi connectivity index (χ1v) is 5.02. The summed E-state index contributed by atoms with van der Waals surface area (Å²) in [6, 6.07) is 10.6. The molecule has 3 N–H and O–H groups in total. The van der Waals surface area contributed by atoms with E-state index in [4.69, 9.17) is 0 Å². The third kappa shape index (κ3) is 1.01. The second-order valence-corrected chi connectivity index (χ2v) is 3.88. The number of aromatic hydroxyl groups is 2. The van der Waals surface area contributed by atoms with Crippen molar-refractivity contribution < 1.29 is 15.3 Å². The molecule has 2 aromatic carbocycles. The molecule has 0 saturated carbocycles. The average Bonchev–Trinajstić information content (AvgIpc) is 2.59. The summed E-state index contributed by atoms with van der Waals surface area (Å²) in [5, 5.41) is 29.2. The van der Waals surface area contributed by atoms with Crippen LogP contribution in [-0.2, 0) is 0 Å². The second kappa shape index (κ2) is 3.00. The molecule has 0 amide bonds. The Labute approximate surface area is 92.2 Å². The van der Waals surface area contributed by atoms with Crippen LogP contribution in [0.1, 0.15) is 17.2 Å². The maximum atomic E-state index is 10.1. The minimum atomic E-state index is -0.863. The SMILES string of the molecule is Oc1ccc2c(c1O)C(O)c1ccccc1-2. The second-order valence-electron chi connectivity index (χ2n) is 3.88. The molecule has 2 aromatic rings. The van der Waals surface area contributed by atoms with Gasteiger partial charge in [0, 0.05) is 5.56 Å². The fourth-order valence-electron chi connectivity index (χ4n) is 2.24. The molecule has 1 aliphatic carbocycles. The van der Waals surface area contributed by atoms with Gasteiger partial charge in [0.15, 0.2) is 11.5 Å². The van der Waals surface area contributed by atoms with E-state index in [-0.39, 0.29) is 11.5 Å². The van der Waals surface area contributed by atoms with Gasteiger partial charge in [-0.1, -0.05) is 30.3 Å². The third-order valence-electron chi connectivity index (χ3n) is 3.01. The molecule has 3 heteroatoms. The van der Waals surface area contributed by atoms with Gasteiger partial charge in [-0.3, -0.25) is 0 Å². The summed E-state index contributed by atoms with van der Waals surface area (Å²) in [6.07, 6.45) is -0.863. The molecule has 3 rings (SSSR count). The molecular formula is C13H10O3. The molecule has 0 heterocycles. The highest BCUT2D eigenvalue weighted by molar-refractivity contribution is 5.81. The Kier molecular flexibility index (Phi) is 1.73. The van der Waals surface area contributed by atoms with Gasteiger partial charge in [-0.05, 0) is 22.8 Å². The van der Waals surface area contributed by atoms with Crippen molar-refractivity contribution >= 4 is 0 Å². The van der Waals surface area contributed by atoms with Crippen molar-refractivity contribution in [2.24, 2.45) is 0 Å². The minimum Gasteiger partial charge on any atom is -0.504 e. The third-order valence-corrected chi connectivity index (χ3v) is 3.01. The van der Waals surface area contributed by atoms with E-state index in [9.17, 15) is 15.3 Å². The standard InChI is InChI=1S/C13H10O3/c14-10-6-5-8-7-3-1-2-4-9(7)12(15)11(8)13(10)16/h1-6,12,14-16H. The van der Waals surface area contributed by atoms with E-state index < -0.39 is 6.10 Å². The van der Waals surface area contributed by atoms with Gasteiger partial charge in [-0.15, -0.1) is 0 Å². The predicted octanol–water partition coefficient (Wildman–Crippen LogP) is 2.16. The first kappa shape index (κ1) is 9.24. The molecule has 1 aliphatic rings. The van der Waals surface area contributed by atoms with Gasteiger partial charge >= 0.3 is 0 Å². The Balaban J connectivity index is 2.37. The van der Waals surface area contributed by atoms with Gasteiger partial charge in [-0.25, -0.2) is 0 Å². The molecule has 0 saturated heterocycles. The Morgan fingerprint density at radius 1 is 0.875 bits per heavy atom. The number of rotatable bonds is 0. The Hall–Kier alpha value is -2.00. The first-order valence-electron chi connectivity index (χ1n) is 5.02. The number of phenols is 2. The molecule has 0 bridgehead atoms. The molecule has 0 aromatic heterocycles. The molecule has 0 fully saturated rings. The molecule has 80 valence electrons. The van der Waals surface area contributed by atoms with Crippen molar-refractivity contribution in [1.82, 2.24) is 0 Å². The van der Waals surface area contributed by atoms with Crippen LogP contribution in [0.5, 0.6) is 11.5 Å². The zero-order valence-electron chi connectivity index (χ0n) is 8.38. The lowest BCUT2D eigenvalue weighted by Gasteiger charge is -2.08. The van der Waals surface area contributed by atoms with Crippen molar-refractivity contribution in [3.8, 4) is 22.6 Å². The van der Waals surface area contributed by atoms with Gasteiger partial charge in [0.1, 0.15) is 6.10 Å². The van der Waals surface area contributed by atoms with Crippen LogP contribution in [0.2, 0.25) is 0 Å². The Morgan fingerprint density at radius 2 is 1.62 bits per heavy atom. The van der Waals surface area contributed by atoms with Gasteiger partial charge in [0.05, 0.1) is 0 Å². The summed E-state index contributed by atoms with van der Waals surface area (Å²) in [6.45, 7) is 0. The van der Waals surface area contributed by atoms with E-state index >= 15 is 0 Å². The maximum Gasteiger partial charge on any atom is 0.164 e. The topological polar surface area (TPSA) is 60.7 Å². The van der Waals surface area contributed by atoms with Gasteiger partial charge < -0.3 is 15.3 Å². The highest BCUT2D eigenvalue weighted by Crippen LogP contribution is 2.49. The van der Waals surface area contributed by atoms with Crippen LogP contribution in [-0.4, -0.2) is 15.3 Å². The maximum absolute atomic E-state index is 10.1. The van der Waals surface area contributed by atoms with E-state index in [1.807, 2.05) is 24.3 Å². The lowest BCUT2D eigenvalue weighted by molar-refractivity contribution is 0.219. The summed E-state index contributed by atoms with van der Waals surface area (Å²) in [5.74, 6) is -0.438. The van der Waals surface area contributed by atoms with Crippen molar-refractivity contribution in [2.45, 2.75) is 6.10 Å². The molecule has 0 spiro atoms. The van der Waals surface area contributed by atoms with Crippen LogP contribution < -0.4 is 0 Å². The normalized spacial score (nSPS) is 16.9. The van der Waals surface area contributed by atoms with Crippen LogP contribution in [0.3, 0.4) is 0 Å². The summed E-state index contributed by atoms with van der Waals surface area (Å²) in [5.41, 5.74) is 2.83. The average molecular weight is 214 g/mol. The Bertz CT molecular complexity index is 575. The lowest BCUT2D eigenvalue weighted by Crippen LogP contribution is -1.94. The molecule has 0 radical (unpaired) electrons. The number of hydrogen-bond donors (Lipinski definition) is 3. The van der Waals surface area contributed by atoms with E-state index in [1.54, 1.807) is 6.07 Å². The van der Waals surface area contributed by atoms with Crippen molar-refractivity contribution in [1.29, 1.82) is 0 Å². The van der Waals surface area contributed by atoms with E-state index in [0.29, 0.717) is 5.56 Å². The van der Waals surface area contributed by atoms with Gasteiger partial charge in [-0.2, -0.15) is 0 Å². The first-order chi connectivity index (χ1) is 7.70. The summed E-state index contributed by atoms with van der Waals surface area (Å²) in [4.78, 5) is 0. The zero-order chi connectivity index (χ0) is 11.3. The monoisotopic (exact) mass is 214 g/mol. The van der Waals surface area contributed by atoms with Gasteiger partial charge in [0.2, 0.25) is 0 Å². The Morgan fingerprint density at radius 3 is 2.44 bits per heavy atom. The number of aliphatic hydroxyl groups is 1. The molecule has 3 nitrogen and oxygen atoms in total. The van der Waals surface area contributed by atoms with Crippen molar-refractivity contribution in [3.05, 3.63) is 47.5 Å².